The Morgan fingerprint density at radius 2 is 1.77 bits per heavy atom. The number of nitrogens with one attached hydrogen (secondary N) is 1. The van der Waals surface area contributed by atoms with Crippen LogP contribution in [0.1, 0.15) is 17.7 Å². The third-order valence-electron chi connectivity index (χ3n) is 5.24. The summed E-state index contributed by atoms with van der Waals surface area (Å²) in [6.07, 6.45) is 5.74. The zero-order chi connectivity index (χ0) is 21.1. The molecule has 0 radical (unpaired) electrons. The average molecular weight is 415 g/mol. The first-order valence-corrected chi connectivity index (χ1v) is 10.3. The Labute approximate surface area is 181 Å². The van der Waals surface area contributed by atoms with Crippen LogP contribution in [0.5, 0.6) is 0 Å². The Hall–Kier alpha value is -3.13. The number of aromatic nitrogens is 2. The number of aromatic amines is 1. The number of benzene rings is 2. The van der Waals surface area contributed by atoms with Gasteiger partial charge < -0.3 is 9.88 Å². The van der Waals surface area contributed by atoms with Crippen molar-refractivity contribution >= 4 is 22.5 Å². The Bertz CT molecular complexity index is 1220. The minimum atomic E-state index is 0.657. The van der Waals surface area contributed by atoms with Crippen LogP contribution < -0.4 is 0 Å². The Morgan fingerprint density at radius 1 is 1.00 bits per heavy atom. The van der Waals surface area contributed by atoms with Gasteiger partial charge in [0.2, 0.25) is 0 Å². The van der Waals surface area contributed by atoms with Crippen LogP contribution in [0.25, 0.3) is 33.2 Å². The molecule has 4 aromatic rings. The fraction of sp³-hybridized carbons (Fsp3) is 0.200. The second-order valence-corrected chi connectivity index (χ2v) is 8.16. The topological polar surface area (TPSA) is 55.7 Å². The van der Waals surface area contributed by atoms with Gasteiger partial charge in [0.15, 0.2) is 0 Å². The van der Waals surface area contributed by atoms with Gasteiger partial charge >= 0.3 is 0 Å². The first-order valence-electron chi connectivity index (χ1n) is 9.96. The van der Waals surface area contributed by atoms with E-state index in [9.17, 15) is 5.26 Å². The highest BCUT2D eigenvalue weighted by molar-refractivity contribution is 6.30. The number of rotatable bonds is 6. The molecule has 4 nitrogen and oxygen atoms in total. The van der Waals surface area contributed by atoms with E-state index in [1.807, 2.05) is 54.9 Å². The first kappa shape index (κ1) is 20.2. The number of H-pyrrole nitrogens is 1. The largest absolute Gasteiger partial charge is 0.358 e. The summed E-state index contributed by atoms with van der Waals surface area (Å²) in [6, 6.07) is 18.0. The van der Waals surface area contributed by atoms with Crippen molar-refractivity contribution in [2.45, 2.75) is 12.8 Å². The van der Waals surface area contributed by atoms with E-state index in [0.717, 1.165) is 52.5 Å². The number of fused-ring (bicyclic) bond motifs is 1. The smallest absolute Gasteiger partial charge is 0.0991 e. The molecule has 30 heavy (non-hydrogen) atoms. The lowest BCUT2D eigenvalue weighted by Crippen LogP contribution is -2.13. The maximum Gasteiger partial charge on any atom is 0.0991 e. The van der Waals surface area contributed by atoms with Crippen LogP contribution in [0.15, 0.2) is 60.9 Å². The monoisotopic (exact) mass is 414 g/mol. The molecule has 0 saturated carbocycles. The predicted molar refractivity (Wildman–Crippen MR) is 124 cm³/mol. The highest BCUT2D eigenvalue weighted by atomic mass is 35.5. The molecular formula is C25H23ClN4. The maximum absolute atomic E-state index is 9.39. The SMILES string of the molecule is CN(C)CCCc1[nH]c2ccc(C#N)cc2c1-c1cncc(-c2ccc(Cl)cc2)c1. The van der Waals surface area contributed by atoms with Gasteiger partial charge in [0.25, 0.3) is 0 Å². The Morgan fingerprint density at radius 3 is 2.50 bits per heavy atom. The maximum atomic E-state index is 9.39. The van der Waals surface area contributed by atoms with Crippen molar-refractivity contribution in [3.8, 4) is 28.3 Å². The molecule has 0 spiro atoms. The lowest BCUT2D eigenvalue weighted by atomic mass is 9.97. The van der Waals surface area contributed by atoms with Crippen LogP contribution in [0, 0.1) is 11.3 Å². The molecule has 0 aliphatic rings. The molecule has 0 aliphatic heterocycles. The summed E-state index contributed by atoms with van der Waals surface area (Å²) in [5.74, 6) is 0. The molecule has 2 heterocycles. The number of nitrogens with zero attached hydrogens (tertiary/aromatic N) is 3. The van der Waals surface area contributed by atoms with Crippen LogP contribution in [0.4, 0.5) is 0 Å². The number of pyridine rings is 1. The third kappa shape index (κ3) is 4.23. The molecule has 0 saturated heterocycles. The minimum absolute atomic E-state index is 0.657. The summed E-state index contributed by atoms with van der Waals surface area (Å²) in [6.45, 7) is 1.02. The number of hydrogen-bond acceptors (Lipinski definition) is 3. The van der Waals surface area contributed by atoms with Crippen LogP contribution >= 0.6 is 11.6 Å². The highest BCUT2D eigenvalue weighted by Crippen LogP contribution is 2.35. The number of hydrogen-bond donors (Lipinski definition) is 1. The molecule has 2 aromatic carbocycles. The predicted octanol–water partition coefficient (Wildman–Crippen LogP) is 5.92. The van der Waals surface area contributed by atoms with Crippen LogP contribution in [0.3, 0.4) is 0 Å². The summed E-state index contributed by atoms with van der Waals surface area (Å²) in [7, 11) is 4.18. The lowest BCUT2D eigenvalue weighted by molar-refractivity contribution is 0.400. The average Bonchev–Trinajstić information content (AvgIpc) is 3.11. The van der Waals surface area contributed by atoms with Crippen molar-refractivity contribution in [3.63, 3.8) is 0 Å². The molecule has 0 fully saturated rings. The summed E-state index contributed by atoms with van der Waals surface area (Å²) in [4.78, 5) is 10.3. The molecule has 1 N–H and O–H groups in total. The van der Waals surface area contributed by atoms with Gasteiger partial charge in [-0.3, -0.25) is 4.98 Å². The summed E-state index contributed by atoms with van der Waals surface area (Å²) in [5, 5.41) is 11.2. The van der Waals surface area contributed by atoms with Crippen molar-refractivity contribution in [1.29, 1.82) is 5.26 Å². The molecule has 150 valence electrons. The van der Waals surface area contributed by atoms with Crippen molar-refractivity contribution in [1.82, 2.24) is 14.9 Å². The van der Waals surface area contributed by atoms with Crippen molar-refractivity contribution < 1.29 is 0 Å². The van der Waals surface area contributed by atoms with Crippen LogP contribution in [-0.4, -0.2) is 35.5 Å². The quantitative estimate of drug-likeness (QED) is 0.426. The summed E-state index contributed by atoms with van der Waals surface area (Å²) < 4.78 is 0. The number of halogens is 1. The molecule has 0 unspecified atom stereocenters. The zero-order valence-corrected chi connectivity index (χ0v) is 17.9. The molecule has 2 aromatic heterocycles. The van der Waals surface area contributed by atoms with Crippen molar-refractivity contribution in [3.05, 3.63) is 77.2 Å². The fourth-order valence-corrected chi connectivity index (χ4v) is 3.91. The third-order valence-corrected chi connectivity index (χ3v) is 5.49. The van der Waals surface area contributed by atoms with E-state index in [1.54, 1.807) is 0 Å². The minimum Gasteiger partial charge on any atom is -0.358 e. The Balaban J connectivity index is 1.82. The van der Waals surface area contributed by atoms with Gasteiger partial charge in [-0.05, 0) is 75.4 Å². The second kappa shape index (κ2) is 8.71. The molecular weight excluding hydrogens is 392 g/mol. The molecule has 5 heteroatoms. The van der Waals surface area contributed by atoms with E-state index in [0.29, 0.717) is 10.6 Å². The van der Waals surface area contributed by atoms with Crippen LogP contribution in [-0.2, 0) is 6.42 Å². The zero-order valence-electron chi connectivity index (χ0n) is 17.1. The highest BCUT2D eigenvalue weighted by Gasteiger charge is 2.15. The van der Waals surface area contributed by atoms with Gasteiger partial charge in [-0.2, -0.15) is 5.26 Å². The Kier molecular flexibility index (Phi) is 5.85. The molecule has 0 aliphatic carbocycles. The summed E-state index contributed by atoms with van der Waals surface area (Å²) >= 11 is 6.05. The molecule has 0 bridgehead atoms. The van der Waals surface area contributed by atoms with Crippen molar-refractivity contribution in [2.24, 2.45) is 0 Å². The van der Waals surface area contributed by atoms with Crippen molar-refractivity contribution in [2.75, 3.05) is 20.6 Å². The van der Waals surface area contributed by atoms with E-state index in [4.69, 9.17) is 11.6 Å². The van der Waals surface area contributed by atoms with Gasteiger partial charge in [-0.25, -0.2) is 0 Å². The number of nitriles is 1. The van der Waals surface area contributed by atoms with Crippen LogP contribution in [0.2, 0.25) is 5.02 Å². The molecule has 4 rings (SSSR count). The second-order valence-electron chi connectivity index (χ2n) is 7.73. The number of aryl methyl sites for hydroxylation is 1. The first-order chi connectivity index (χ1) is 14.5. The van der Waals surface area contributed by atoms with Gasteiger partial charge in [-0.1, -0.05) is 23.7 Å². The standard InChI is InChI=1S/C25H23ClN4/c1-30(2)11-3-4-24-25(22-12-17(14-27)5-10-23(22)29-24)20-13-19(15-28-16-20)18-6-8-21(26)9-7-18/h5-10,12-13,15-16,29H,3-4,11H2,1-2H3. The molecule has 0 amide bonds. The van der Waals surface area contributed by atoms with E-state index >= 15 is 0 Å². The van der Waals surface area contributed by atoms with E-state index < -0.39 is 0 Å². The van der Waals surface area contributed by atoms with E-state index in [-0.39, 0.29) is 0 Å². The van der Waals surface area contributed by atoms with Gasteiger partial charge in [0.1, 0.15) is 0 Å². The van der Waals surface area contributed by atoms with E-state index in [1.165, 1.54) is 5.69 Å². The normalized spacial score (nSPS) is 11.2. The van der Waals surface area contributed by atoms with Gasteiger partial charge in [-0.15, -0.1) is 0 Å². The lowest BCUT2D eigenvalue weighted by Gasteiger charge is -2.10. The van der Waals surface area contributed by atoms with Gasteiger partial charge in [0.05, 0.1) is 11.6 Å². The fourth-order valence-electron chi connectivity index (χ4n) is 3.78. The molecule has 0 atom stereocenters. The summed E-state index contributed by atoms with van der Waals surface area (Å²) in [5.41, 5.74) is 7.16. The van der Waals surface area contributed by atoms with Gasteiger partial charge in [0, 0.05) is 50.7 Å². The van der Waals surface area contributed by atoms with E-state index in [2.05, 4.69) is 41.1 Å².